The summed E-state index contributed by atoms with van der Waals surface area (Å²) in [5.74, 6) is 0.0116. The van der Waals surface area contributed by atoms with Gasteiger partial charge >= 0.3 is 0 Å². The van der Waals surface area contributed by atoms with Gasteiger partial charge in [-0.2, -0.15) is 0 Å². The number of hydrogen-bond donors (Lipinski definition) is 1. The topological polar surface area (TPSA) is 46.2 Å². The Morgan fingerprint density at radius 2 is 1.68 bits per heavy atom. The molecular weight excluding hydrogens is 294 g/mol. The van der Waals surface area contributed by atoms with E-state index in [0.717, 1.165) is 23.4 Å². The standard InChI is InChI=1S/C18H21NO2S/c1-14-6-8-15(9-7-14)4-3-5-18(20)19-16-10-12-17(13-11-16)22(2)21/h6-13H,3-5H2,1-2H3,(H,19,20)/t22-/m0/s1. The van der Waals surface area contributed by atoms with Crippen LogP contribution in [0, 0.1) is 6.92 Å². The third-order valence-corrected chi connectivity index (χ3v) is 4.40. The highest BCUT2D eigenvalue weighted by molar-refractivity contribution is 7.84. The van der Waals surface area contributed by atoms with Gasteiger partial charge in [-0.1, -0.05) is 29.8 Å². The molecule has 4 heteroatoms. The fourth-order valence-corrected chi connectivity index (χ4v) is 2.68. The van der Waals surface area contributed by atoms with Crippen molar-refractivity contribution in [3.8, 4) is 0 Å². The lowest BCUT2D eigenvalue weighted by Crippen LogP contribution is -2.11. The number of nitrogens with one attached hydrogen (secondary N) is 1. The van der Waals surface area contributed by atoms with E-state index in [-0.39, 0.29) is 5.91 Å². The van der Waals surface area contributed by atoms with E-state index in [4.69, 9.17) is 0 Å². The highest BCUT2D eigenvalue weighted by Crippen LogP contribution is 2.13. The lowest BCUT2D eigenvalue weighted by Gasteiger charge is -2.06. The number of carbonyl (C=O) groups excluding carboxylic acids is 1. The average molecular weight is 315 g/mol. The molecule has 1 N–H and O–H groups in total. The number of aryl methyl sites for hydroxylation is 2. The predicted octanol–water partition coefficient (Wildman–Crippen LogP) is 3.69. The molecule has 0 fully saturated rings. The zero-order valence-electron chi connectivity index (χ0n) is 13.0. The molecule has 3 nitrogen and oxygen atoms in total. The van der Waals surface area contributed by atoms with E-state index in [1.54, 1.807) is 30.5 Å². The third-order valence-electron chi connectivity index (χ3n) is 3.46. The van der Waals surface area contributed by atoms with Gasteiger partial charge in [0.25, 0.3) is 0 Å². The van der Waals surface area contributed by atoms with E-state index in [9.17, 15) is 9.00 Å². The molecule has 0 aliphatic carbocycles. The van der Waals surface area contributed by atoms with Gasteiger partial charge in [0.2, 0.25) is 5.91 Å². The van der Waals surface area contributed by atoms with Gasteiger partial charge in [-0.05, 0) is 49.6 Å². The molecule has 0 aliphatic rings. The van der Waals surface area contributed by atoms with Crippen molar-refractivity contribution in [2.24, 2.45) is 0 Å². The Labute approximate surface area is 134 Å². The summed E-state index contributed by atoms with van der Waals surface area (Å²) in [5.41, 5.74) is 3.25. The van der Waals surface area contributed by atoms with Crippen molar-refractivity contribution in [1.29, 1.82) is 0 Å². The first kappa shape index (κ1) is 16.4. The van der Waals surface area contributed by atoms with Gasteiger partial charge in [0.1, 0.15) is 0 Å². The maximum Gasteiger partial charge on any atom is 0.224 e. The smallest absolute Gasteiger partial charge is 0.224 e. The first-order chi connectivity index (χ1) is 10.5. The molecule has 0 bridgehead atoms. The number of carbonyl (C=O) groups is 1. The molecule has 0 saturated carbocycles. The zero-order valence-corrected chi connectivity index (χ0v) is 13.8. The van der Waals surface area contributed by atoms with Crippen LogP contribution in [0.2, 0.25) is 0 Å². The van der Waals surface area contributed by atoms with Crippen LogP contribution in [0.25, 0.3) is 0 Å². The van der Waals surface area contributed by atoms with Crippen molar-refractivity contribution in [3.63, 3.8) is 0 Å². The van der Waals surface area contributed by atoms with Crippen molar-refractivity contribution in [1.82, 2.24) is 0 Å². The molecule has 0 spiro atoms. The van der Waals surface area contributed by atoms with Gasteiger partial charge in [-0.15, -0.1) is 0 Å². The summed E-state index contributed by atoms with van der Waals surface area (Å²) in [6, 6.07) is 15.5. The minimum atomic E-state index is -0.990. The molecule has 0 aromatic heterocycles. The predicted molar refractivity (Wildman–Crippen MR) is 91.5 cm³/mol. The van der Waals surface area contributed by atoms with Crippen LogP contribution in [0.4, 0.5) is 5.69 Å². The van der Waals surface area contributed by atoms with Crippen LogP contribution >= 0.6 is 0 Å². The molecule has 0 unspecified atom stereocenters. The normalized spacial score (nSPS) is 11.9. The first-order valence-corrected chi connectivity index (χ1v) is 8.89. The van der Waals surface area contributed by atoms with Gasteiger partial charge < -0.3 is 5.32 Å². The molecule has 1 amide bonds. The lowest BCUT2D eigenvalue weighted by molar-refractivity contribution is -0.116. The van der Waals surface area contributed by atoms with Crippen LogP contribution < -0.4 is 5.32 Å². The van der Waals surface area contributed by atoms with E-state index in [1.807, 2.05) is 0 Å². The second-order valence-electron chi connectivity index (χ2n) is 5.37. The number of rotatable bonds is 6. The second kappa shape index (κ2) is 7.90. The highest BCUT2D eigenvalue weighted by atomic mass is 32.2. The number of benzene rings is 2. The van der Waals surface area contributed by atoms with Gasteiger partial charge in [0, 0.05) is 34.1 Å². The van der Waals surface area contributed by atoms with E-state index in [0.29, 0.717) is 6.42 Å². The molecule has 22 heavy (non-hydrogen) atoms. The van der Waals surface area contributed by atoms with Crippen LogP contribution in [-0.2, 0) is 22.0 Å². The summed E-state index contributed by atoms with van der Waals surface area (Å²) >= 11 is 0. The van der Waals surface area contributed by atoms with Gasteiger partial charge in [-0.3, -0.25) is 9.00 Å². The summed E-state index contributed by atoms with van der Waals surface area (Å²) in [4.78, 5) is 12.7. The largest absolute Gasteiger partial charge is 0.326 e. The molecule has 0 aliphatic heterocycles. The van der Waals surface area contributed by atoms with E-state index < -0.39 is 10.8 Å². The van der Waals surface area contributed by atoms with Gasteiger partial charge in [-0.25, -0.2) is 0 Å². The van der Waals surface area contributed by atoms with Crippen molar-refractivity contribution < 1.29 is 9.00 Å². The fourth-order valence-electron chi connectivity index (χ4n) is 2.16. The Bertz CT molecular complexity index is 648. The Kier molecular flexibility index (Phi) is 5.90. The second-order valence-corrected chi connectivity index (χ2v) is 6.75. The fraction of sp³-hybridized carbons (Fsp3) is 0.278. The van der Waals surface area contributed by atoms with Crippen molar-refractivity contribution >= 4 is 22.4 Å². The van der Waals surface area contributed by atoms with Gasteiger partial charge in [0.05, 0.1) is 0 Å². The number of amides is 1. The minimum absolute atomic E-state index is 0.0116. The minimum Gasteiger partial charge on any atom is -0.326 e. The molecule has 2 aromatic rings. The molecule has 2 aromatic carbocycles. The summed E-state index contributed by atoms with van der Waals surface area (Å²) in [6.07, 6.45) is 3.86. The summed E-state index contributed by atoms with van der Waals surface area (Å²) in [5, 5.41) is 2.87. The highest BCUT2D eigenvalue weighted by Gasteiger charge is 2.04. The Morgan fingerprint density at radius 3 is 2.27 bits per heavy atom. The molecule has 2 rings (SSSR count). The Hall–Kier alpha value is -1.94. The summed E-state index contributed by atoms with van der Waals surface area (Å²) in [6.45, 7) is 2.07. The Morgan fingerprint density at radius 1 is 1.05 bits per heavy atom. The summed E-state index contributed by atoms with van der Waals surface area (Å²) in [7, 11) is -0.990. The quantitative estimate of drug-likeness (QED) is 0.883. The molecule has 1 atom stereocenters. The number of hydrogen-bond acceptors (Lipinski definition) is 2. The molecule has 0 heterocycles. The number of anilines is 1. The van der Waals surface area contributed by atoms with E-state index in [2.05, 4.69) is 36.5 Å². The van der Waals surface area contributed by atoms with Crippen molar-refractivity contribution in [2.75, 3.05) is 11.6 Å². The van der Waals surface area contributed by atoms with Crippen molar-refractivity contribution in [3.05, 3.63) is 59.7 Å². The Balaban J connectivity index is 1.77. The van der Waals surface area contributed by atoms with E-state index >= 15 is 0 Å². The first-order valence-electron chi connectivity index (χ1n) is 7.33. The molecule has 0 radical (unpaired) electrons. The van der Waals surface area contributed by atoms with Crippen LogP contribution in [-0.4, -0.2) is 16.4 Å². The maximum atomic E-state index is 11.9. The van der Waals surface area contributed by atoms with Crippen molar-refractivity contribution in [2.45, 2.75) is 31.1 Å². The monoisotopic (exact) mass is 315 g/mol. The van der Waals surface area contributed by atoms with Crippen LogP contribution in [0.5, 0.6) is 0 Å². The zero-order chi connectivity index (χ0) is 15.9. The molecule has 0 saturated heterocycles. The van der Waals surface area contributed by atoms with Crippen LogP contribution in [0.1, 0.15) is 24.0 Å². The summed E-state index contributed by atoms with van der Waals surface area (Å²) < 4.78 is 11.3. The molecular formula is C18H21NO2S. The SMILES string of the molecule is Cc1ccc(CCCC(=O)Nc2ccc([S@](C)=O)cc2)cc1. The van der Waals surface area contributed by atoms with Crippen LogP contribution in [0.15, 0.2) is 53.4 Å². The van der Waals surface area contributed by atoms with Crippen LogP contribution in [0.3, 0.4) is 0 Å². The average Bonchev–Trinajstić information content (AvgIpc) is 2.50. The van der Waals surface area contributed by atoms with E-state index in [1.165, 1.54) is 11.1 Å². The van der Waals surface area contributed by atoms with Gasteiger partial charge in [0.15, 0.2) is 0 Å². The molecule has 116 valence electrons. The lowest BCUT2D eigenvalue weighted by atomic mass is 10.1. The maximum absolute atomic E-state index is 11.9. The third kappa shape index (κ3) is 5.11.